The Bertz CT molecular complexity index is 489. The third-order valence-corrected chi connectivity index (χ3v) is 3.18. The summed E-state index contributed by atoms with van der Waals surface area (Å²) in [7, 11) is 1.32. The van der Waals surface area contributed by atoms with Gasteiger partial charge in [-0.25, -0.2) is 4.79 Å². The molecule has 1 aliphatic heterocycles. The molecular weight excluding hydrogens is 262 g/mol. The quantitative estimate of drug-likeness (QED) is 0.750. The summed E-state index contributed by atoms with van der Waals surface area (Å²) in [6, 6.07) is 2.94. The highest BCUT2D eigenvalue weighted by molar-refractivity contribution is 5.88. The number of carbonyl (C=O) groups excluding carboxylic acids is 2. The van der Waals surface area contributed by atoms with Gasteiger partial charge in [0.25, 0.3) is 0 Å². The number of methoxy groups -OCH3 is 1. The molecule has 20 heavy (non-hydrogen) atoms. The van der Waals surface area contributed by atoms with Crippen molar-refractivity contribution < 1.29 is 19.1 Å². The lowest BCUT2D eigenvalue weighted by atomic mass is 10.2. The van der Waals surface area contributed by atoms with Gasteiger partial charge in [-0.1, -0.05) is 0 Å². The minimum atomic E-state index is -0.439. The van der Waals surface area contributed by atoms with Crippen LogP contribution in [0, 0.1) is 0 Å². The molecule has 0 aromatic carbocycles. The van der Waals surface area contributed by atoms with Gasteiger partial charge >= 0.3 is 5.97 Å². The summed E-state index contributed by atoms with van der Waals surface area (Å²) in [6.07, 6.45) is 1.46. The number of hydrogen-bond donors (Lipinski definition) is 1. The van der Waals surface area contributed by atoms with E-state index in [-0.39, 0.29) is 0 Å². The third-order valence-electron chi connectivity index (χ3n) is 3.18. The monoisotopic (exact) mass is 279 g/mol. The summed E-state index contributed by atoms with van der Waals surface area (Å²) in [5.41, 5.74) is 6.50. The van der Waals surface area contributed by atoms with Crippen LogP contribution < -0.4 is 5.73 Å². The van der Waals surface area contributed by atoms with E-state index < -0.39 is 17.9 Å². The first kappa shape index (κ1) is 14.4. The Balaban J connectivity index is 2.05. The highest BCUT2D eigenvalue weighted by atomic mass is 16.5. The molecule has 0 aliphatic carbocycles. The molecule has 7 nitrogen and oxygen atoms in total. The number of hydrogen-bond acceptors (Lipinski definition) is 6. The molecule has 1 aliphatic rings. The second-order valence-corrected chi connectivity index (χ2v) is 4.49. The van der Waals surface area contributed by atoms with E-state index in [1.54, 1.807) is 12.1 Å². The predicted octanol–water partition coefficient (Wildman–Crippen LogP) is -0.446. The zero-order chi connectivity index (χ0) is 14.5. The van der Waals surface area contributed by atoms with Crippen LogP contribution in [0.25, 0.3) is 0 Å². The largest absolute Gasteiger partial charge is 0.465 e. The van der Waals surface area contributed by atoms with Crippen LogP contribution in [0.4, 0.5) is 0 Å². The van der Waals surface area contributed by atoms with Crippen molar-refractivity contribution in [1.29, 1.82) is 0 Å². The van der Waals surface area contributed by atoms with Crippen molar-refractivity contribution in [2.24, 2.45) is 5.73 Å². The van der Waals surface area contributed by atoms with Gasteiger partial charge in [0.05, 0.1) is 31.6 Å². The van der Waals surface area contributed by atoms with E-state index in [1.807, 2.05) is 4.90 Å². The normalized spacial score (nSPS) is 19.6. The maximum atomic E-state index is 11.4. The van der Waals surface area contributed by atoms with Gasteiger partial charge in [0, 0.05) is 19.3 Å². The molecule has 2 heterocycles. The van der Waals surface area contributed by atoms with Crippen LogP contribution in [0.2, 0.25) is 0 Å². The fourth-order valence-electron chi connectivity index (χ4n) is 2.05. The Morgan fingerprint density at radius 1 is 1.55 bits per heavy atom. The van der Waals surface area contributed by atoms with Gasteiger partial charge in [0.2, 0.25) is 5.91 Å². The summed E-state index contributed by atoms with van der Waals surface area (Å²) >= 11 is 0. The number of morpholine rings is 1. The molecule has 1 aromatic heterocycles. The number of ether oxygens (including phenoxy) is 2. The van der Waals surface area contributed by atoms with Crippen LogP contribution >= 0.6 is 0 Å². The van der Waals surface area contributed by atoms with Crippen molar-refractivity contribution in [2.75, 3.05) is 26.9 Å². The van der Waals surface area contributed by atoms with Gasteiger partial charge in [-0.3, -0.25) is 14.7 Å². The van der Waals surface area contributed by atoms with Gasteiger partial charge in [0.1, 0.15) is 6.04 Å². The molecule has 1 fully saturated rings. The molecule has 2 N–H and O–H groups in total. The van der Waals surface area contributed by atoms with Crippen LogP contribution in [0.5, 0.6) is 0 Å². The molecule has 0 radical (unpaired) electrons. The minimum Gasteiger partial charge on any atom is -0.465 e. The summed E-state index contributed by atoms with van der Waals surface area (Å²) in [5.74, 6) is -0.832. The van der Waals surface area contributed by atoms with Crippen molar-refractivity contribution in [2.45, 2.75) is 12.6 Å². The maximum Gasteiger partial charge on any atom is 0.339 e. The molecule has 1 aromatic rings. The van der Waals surface area contributed by atoms with E-state index >= 15 is 0 Å². The Morgan fingerprint density at radius 2 is 2.35 bits per heavy atom. The van der Waals surface area contributed by atoms with E-state index in [1.165, 1.54) is 13.3 Å². The van der Waals surface area contributed by atoms with E-state index in [2.05, 4.69) is 9.72 Å². The summed E-state index contributed by atoms with van der Waals surface area (Å²) in [6.45, 7) is 1.96. The third kappa shape index (κ3) is 3.31. The minimum absolute atomic E-state index is 0.301. The second-order valence-electron chi connectivity index (χ2n) is 4.49. The summed E-state index contributed by atoms with van der Waals surface area (Å²) < 4.78 is 9.86. The molecule has 0 bridgehead atoms. The summed E-state index contributed by atoms with van der Waals surface area (Å²) in [4.78, 5) is 28.8. The molecule has 7 heteroatoms. The molecule has 1 atom stereocenters. The Kier molecular flexibility index (Phi) is 4.65. The topological polar surface area (TPSA) is 94.7 Å². The number of aromatic nitrogens is 1. The number of esters is 1. The smallest absolute Gasteiger partial charge is 0.339 e. The van der Waals surface area contributed by atoms with Gasteiger partial charge in [-0.2, -0.15) is 0 Å². The SMILES string of the molecule is COC(=O)c1ccc(CN2CCOCC2C(N)=O)nc1. The van der Waals surface area contributed by atoms with Gasteiger partial charge < -0.3 is 15.2 Å². The van der Waals surface area contributed by atoms with E-state index in [0.29, 0.717) is 31.9 Å². The van der Waals surface area contributed by atoms with E-state index in [4.69, 9.17) is 10.5 Å². The highest BCUT2D eigenvalue weighted by Gasteiger charge is 2.27. The zero-order valence-corrected chi connectivity index (χ0v) is 11.2. The first-order valence-electron chi connectivity index (χ1n) is 6.26. The number of nitrogens with zero attached hydrogens (tertiary/aromatic N) is 2. The van der Waals surface area contributed by atoms with Gasteiger partial charge in [-0.05, 0) is 12.1 Å². The second kappa shape index (κ2) is 6.44. The van der Waals surface area contributed by atoms with Crippen molar-refractivity contribution >= 4 is 11.9 Å². The standard InChI is InChI=1S/C13H17N3O4/c1-19-13(18)9-2-3-10(15-6-9)7-16-4-5-20-8-11(16)12(14)17/h2-3,6,11H,4-5,7-8H2,1H3,(H2,14,17). The van der Waals surface area contributed by atoms with Crippen LogP contribution in [0.3, 0.4) is 0 Å². The zero-order valence-electron chi connectivity index (χ0n) is 11.2. The number of primary amides is 1. The molecule has 2 rings (SSSR count). The molecule has 0 spiro atoms. The van der Waals surface area contributed by atoms with Crippen molar-refractivity contribution in [3.05, 3.63) is 29.6 Å². The van der Waals surface area contributed by atoms with Crippen molar-refractivity contribution in [3.63, 3.8) is 0 Å². The lowest BCUT2D eigenvalue weighted by molar-refractivity contribution is -0.129. The Hall–Kier alpha value is -1.99. The first-order valence-corrected chi connectivity index (χ1v) is 6.26. The van der Waals surface area contributed by atoms with Gasteiger partial charge in [0.15, 0.2) is 0 Å². The number of carbonyl (C=O) groups is 2. The van der Waals surface area contributed by atoms with Crippen LogP contribution in [0.1, 0.15) is 16.1 Å². The Morgan fingerprint density at radius 3 is 2.95 bits per heavy atom. The van der Waals surface area contributed by atoms with Crippen LogP contribution in [-0.4, -0.2) is 54.7 Å². The lowest BCUT2D eigenvalue weighted by Gasteiger charge is -2.33. The fourth-order valence-corrected chi connectivity index (χ4v) is 2.05. The number of rotatable bonds is 4. The number of amides is 1. The maximum absolute atomic E-state index is 11.4. The van der Waals surface area contributed by atoms with Crippen molar-refractivity contribution in [1.82, 2.24) is 9.88 Å². The van der Waals surface area contributed by atoms with Gasteiger partial charge in [-0.15, -0.1) is 0 Å². The van der Waals surface area contributed by atoms with Crippen LogP contribution in [-0.2, 0) is 20.8 Å². The van der Waals surface area contributed by atoms with E-state index in [9.17, 15) is 9.59 Å². The molecule has 1 amide bonds. The molecule has 1 unspecified atom stereocenters. The first-order chi connectivity index (χ1) is 9.61. The average molecular weight is 279 g/mol. The Labute approximate surface area is 116 Å². The van der Waals surface area contributed by atoms with E-state index in [0.717, 1.165) is 5.69 Å². The summed E-state index contributed by atoms with van der Waals surface area (Å²) in [5, 5.41) is 0. The number of nitrogens with two attached hydrogens (primary N) is 1. The molecule has 108 valence electrons. The highest BCUT2D eigenvalue weighted by Crippen LogP contribution is 2.11. The molecule has 0 saturated carbocycles. The average Bonchev–Trinajstić information content (AvgIpc) is 2.47. The lowest BCUT2D eigenvalue weighted by Crippen LogP contribution is -2.51. The fraction of sp³-hybridized carbons (Fsp3) is 0.462. The molecular formula is C13H17N3O4. The van der Waals surface area contributed by atoms with Crippen LogP contribution in [0.15, 0.2) is 18.3 Å². The molecule has 1 saturated heterocycles. The number of pyridine rings is 1. The predicted molar refractivity (Wildman–Crippen MR) is 69.8 cm³/mol. The van der Waals surface area contributed by atoms with Crippen molar-refractivity contribution in [3.8, 4) is 0 Å².